The van der Waals surface area contributed by atoms with E-state index >= 15 is 0 Å². The fraction of sp³-hybridized carbons (Fsp3) is 0.615. The SMILES string of the molecule is O=C(c1ccc(C2=CN=C(CC3CCN(C4CCC4)CC3)CC2)cc1)N1CCOCC1. The monoisotopic (exact) mass is 421 g/mol. The van der Waals surface area contributed by atoms with E-state index in [9.17, 15) is 4.79 Å². The molecule has 1 amide bonds. The molecule has 3 heterocycles. The average Bonchev–Trinajstić information content (AvgIpc) is 2.80. The minimum Gasteiger partial charge on any atom is -0.378 e. The summed E-state index contributed by atoms with van der Waals surface area (Å²) in [6.45, 7) is 5.22. The maximum atomic E-state index is 12.6. The molecule has 1 aromatic rings. The smallest absolute Gasteiger partial charge is 0.254 e. The first-order valence-electron chi connectivity index (χ1n) is 12.2. The number of carbonyl (C=O) groups excluding carboxylic acids is 1. The summed E-state index contributed by atoms with van der Waals surface area (Å²) in [6, 6.07) is 8.98. The third-order valence-corrected chi connectivity index (χ3v) is 7.65. The van der Waals surface area contributed by atoms with E-state index in [1.165, 1.54) is 68.5 Å². The van der Waals surface area contributed by atoms with Crippen molar-refractivity contribution in [1.29, 1.82) is 0 Å². The summed E-state index contributed by atoms with van der Waals surface area (Å²) >= 11 is 0. The predicted octanol–water partition coefficient (Wildman–Crippen LogP) is 4.39. The van der Waals surface area contributed by atoms with E-state index < -0.39 is 0 Å². The molecule has 2 saturated heterocycles. The first-order valence-corrected chi connectivity index (χ1v) is 12.2. The van der Waals surface area contributed by atoms with Crippen molar-refractivity contribution in [1.82, 2.24) is 9.80 Å². The zero-order valence-electron chi connectivity index (χ0n) is 18.6. The molecule has 1 aliphatic carbocycles. The number of morpholine rings is 1. The van der Waals surface area contributed by atoms with E-state index in [4.69, 9.17) is 9.73 Å². The fourth-order valence-electron chi connectivity index (χ4n) is 5.33. The first kappa shape index (κ1) is 20.9. The van der Waals surface area contributed by atoms with Gasteiger partial charge in [-0.1, -0.05) is 18.6 Å². The van der Waals surface area contributed by atoms with Crippen LogP contribution in [0, 0.1) is 5.92 Å². The van der Waals surface area contributed by atoms with Crippen molar-refractivity contribution in [2.45, 2.75) is 57.4 Å². The summed E-state index contributed by atoms with van der Waals surface area (Å²) in [5, 5.41) is 0. The second-order valence-electron chi connectivity index (χ2n) is 9.60. The first-order chi connectivity index (χ1) is 15.3. The Labute approximate surface area is 186 Å². The third-order valence-electron chi connectivity index (χ3n) is 7.65. The van der Waals surface area contributed by atoms with Crippen molar-refractivity contribution >= 4 is 17.2 Å². The lowest BCUT2D eigenvalue weighted by Crippen LogP contribution is -2.45. The van der Waals surface area contributed by atoms with Crippen LogP contribution >= 0.6 is 0 Å². The van der Waals surface area contributed by atoms with Crippen molar-refractivity contribution in [3.63, 3.8) is 0 Å². The number of ether oxygens (including phenoxy) is 1. The Morgan fingerprint density at radius 1 is 0.968 bits per heavy atom. The van der Waals surface area contributed by atoms with Crippen LogP contribution in [-0.2, 0) is 4.74 Å². The largest absolute Gasteiger partial charge is 0.378 e. The molecule has 5 nitrogen and oxygen atoms in total. The van der Waals surface area contributed by atoms with Crippen molar-refractivity contribution in [3.8, 4) is 0 Å². The maximum Gasteiger partial charge on any atom is 0.254 e. The lowest BCUT2D eigenvalue weighted by atomic mass is 9.85. The maximum absolute atomic E-state index is 12.6. The predicted molar refractivity (Wildman–Crippen MR) is 124 cm³/mol. The van der Waals surface area contributed by atoms with Gasteiger partial charge in [-0.2, -0.15) is 0 Å². The Kier molecular flexibility index (Phi) is 6.51. The van der Waals surface area contributed by atoms with Gasteiger partial charge in [0.15, 0.2) is 0 Å². The second kappa shape index (κ2) is 9.66. The highest BCUT2D eigenvalue weighted by Gasteiger charge is 2.29. The quantitative estimate of drug-likeness (QED) is 0.708. The number of nitrogens with zero attached hydrogens (tertiary/aromatic N) is 3. The number of benzene rings is 1. The Morgan fingerprint density at radius 2 is 1.71 bits per heavy atom. The number of rotatable bonds is 5. The van der Waals surface area contributed by atoms with Crippen LogP contribution in [0.1, 0.15) is 67.3 Å². The van der Waals surface area contributed by atoms with Crippen LogP contribution in [-0.4, -0.2) is 66.9 Å². The summed E-state index contributed by atoms with van der Waals surface area (Å²) in [5.74, 6) is 0.923. The minimum absolute atomic E-state index is 0.108. The highest BCUT2D eigenvalue weighted by atomic mass is 16.5. The highest BCUT2D eigenvalue weighted by Crippen LogP contribution is 2.32. The number of likely N-dealkylation sites (tertiary alicyclic amines) is 1. The topological polar surface area (TPSA) is 45.1 Å². The van der Waals surface area contributed by atoms with Crippen LogP contribution in [0.5, 0.6) is 0 Å². The number of carbonyl (C=O) groups is 1. The average molecular weight is 422 g/mol. The Bertz CT molecular complexity index is 827. The van der Waals surface area contributed by atoms with Gasteiger partial charge in [-0.05, 0) is 87.2 Å². The van der Waals surface area contributed by atoms with E-state index in [-0.39, 0.29) is 5.91 Å². The molecule has 4 aliphatic rings. The normalized spacial score (nSPS) is 23.8. The van der Waals surface area contributed by atoms with Gasteiger partial charge in [0.2, 0.25) is 0 Å². The molecular weight excluding hydrogens is 386 g/mol. The van der Waals surface area contributed by atoms with Gasteiger partial charge in [-0.25, -0.2) is 0 Å². The van der Waals surface area contributed by atoms with Crippen molar-refractivity contribution in [3.05, 3.63) is 41.6 Å². The van der Waals surface area contributed by atoms with Crippen LogP contribution < -0.4 is 0 Å². The molecule has 0 radical (unpaired) electrons. The summed E-state index contributed by atoms with van der Waals surface area (Å²) < 4.78 is 5.35. The van der Waals surface area contributed by atoms with Gasteiger partial charge in [-0.15, -0.1) is 0 Å². The molecule has 3 fully saturated rings. The summed E-state index contributed by atoms with van der Waals surface area (Å²) in [4.78, 5) is 22.1. The molecule has 166 valence electrons. The molecule has 5 heteroatoms. The molecule has 0 atom stereocenters. The molecule has 1 saturated carbocycles. The lowest BCUT2D eigenvalue weighted by molar-refractivity contribution is 0.0303. The Hall–Kier alpha value is -1.98. The van der Waals surface area contributed by atoms with Crippen LogP contribution in [0.25, 0.3) is 5.57 Å². The zero-order chi connectivity index (χ0) is 21.0. The van der Waals surface area contributed by atoms with Crippen LogP contribution in [0.2, 0.25) is 0 Å². The van der Waals surface area contributed by atoms with E-state index in [2.05, 4.69) is 23.2 Å². The Balaban J connectivity index is 1.14. The molecule has 0 spiro atoms. The molecule has 1 aromatic carbocycles. The van der Waals surface area contributed by atoms with Gasteiger partial charge in [0.25, 0.3) is 5.91 Å². The summed E-state index contributed by atoms with van der Waals surface area (Å²) in [7, 11) is 0. The van der Waals surface area contributed by atoms with Gasteiger partial charge < -0.3 is 14.5 Å². The number of aliphatic imine (C=N–C) groups is 1. The Morgan fingerprint density at radius 3 is 2.32 bits per heavy atom. The van der Waals surface area contributed by atoms with Gasteiger partial charge in [0, 0.05) is 36.6 Å². The molecule has 5 rings (SSSR count). The number of amides is 1. The number of piperidine rings is 1. The summed E-state index contributed by atoms with van der Waals surface area (Å²) in [6.07, 6.45) is 12.3. The van der Waals surface area contributed by atoms with Crippen molar-refractivity contribution in [2.75, 3.05) is 39.4 Å². The number of hydrogen-bond donors (Lipinski definition) is 0. The molecule has 3 aliphatic heterocycles. The van der Waals surface area contributed by atoms with Crippen LogP contribution in [0.15, 0.2) is 35.5 Å². The van der Waals surface area contributed by atoms with E-state index in [1.807, 2.05) is 17.0 Å². The highest BCUT2D eigenvalue weighted by molar-refractivity contribution is 5.95. The second-order valence-corrected chi connectivity index (χ2v) is 9.60. The lowest BCUT2D eigenvalue weighted by Gasteiger charge is -2.42. The standard InChI is InChI=1S/C26H35N3O2/c30-26(29-14-16-31-17-15-29)22-6-4-21(5-7-22)23-8-9-24(27-19-23)18-20-10-12-28(13-11-20)25-2-1-3-25/h4-7,19-20,25H,1-3,8-18H2. The van der Waals surface area contributed by atoms with E-state index in [0.717, 1.165) is 30.4 Å². The zero-order valence-corrected chi connectivity index (χ0v) is 18.6. The molecule has 0 unspecified atom stereocenters. The molecule has 0 N–H and O–H groups in total. The van der Waals surface area contributed by atoms with Crippen LogP contribution in [0.3, 0.4) is 0 Å². The molecule has 0 bridgehead atoms. The molecular formula is C26H35N3O2. The van der Waals surface area contributed by atoms with Gasteiger partial charge >= 0.3 is 0 Å². The van der Waals surface area contributed by atoms with E-state index in [1.54, 1.807) is 0 Å². The van der Waals surface area contributed by atoms with Gasteiger partial charge in [-0.3, -0.25) is 9.79 Å². The number of allylic oxidation sites excluding steroid dienone is 1. The van der Waals surface area contributed by atoms with Crippen molar-refractivity contribution in [2.24, 2.45) is 10.9 Å². The van der Waals surface area contributed by atoms with Crippen molar-refractivity contribution < 1.29 is 9.53 Å². The molecule has 0 aromatic heterocycles. The number of hydrogen-bond acceptors (Lipinski definition) is 4. The summed E-state index contributed by atoms with van der Waals surface area (Å²) in [5.41, 5.74) is 4.62. The van der Waals surface area contributed by atoms with Gasteiger partial charge in [0.05, 0.1) is 13.2 Å². The third kappa shape index (κ3) is 4.93. The minimum atomic E-state index is 0.108. The van der Waals surface area contributed by atoms with Crippen LogP contribution in [0.4, 0.5) is 0 Å². The fourth-order valence-corrected chi connectivity index (χ4v) is 5.33. The van der Waals surface area contributed by atoms with E-state index in [0.29, 0.717) is 26.3 Å². The van der Waals surface area contributed by atoms with Gasteiger partial charge in [0.1, 0.15) is 0 Å². The molecule has 31 heavy (non-hydrogen) atoms.